The predicted octanol–water partition coefficient (Wildman–Crippen LogP) is 6.05. The van der Waals surface area contributed by atoms with Gasteiger partial charge >= 0.3 is 7.60 Å². The molecule has 1 atom stereocenters. The van der Waals surface area contributed by atoms with E-state index in [1.165, 1.54) is 11.1 Å². The largest absolute Gasteiger partial charge is 0.459 e. The molecule has 0 fully saturated rings. The van der Waals surface area contributed by atoms with E-state index in [4.69, 9.17) is 13.7 Å². The van der Waals surface area contributed by atoms with Crippen LogP contribution in [0.25, 0.3) is 6.08 Å². The van der Waals surface area contributed by atoms with E-state index in [-0.39, 0.29) is 13.0 Å². The Morgan fingerprint density at radius 3 is 2.45 bits per heavy atom. The maximum atomic E-state index is 12.7. The van der Waals surface area contributed by atoms with Gasteiger partial charge in [-0.15, -0.1) is 0 Å². The third-order valence-electron chi connectivity index (χ3n) is 3.84. The minimum Gasteiger partial charge on any atom is -0.459 e. The summed E-state index contributed by atoms with van der Waals surface area (Å²) in [7, 11) is -8.13. The normalized spacial score (nSPS) is 14.9. The lowest BCUT2D eigenvalue weighted by Gasteiger charge is -2.21. The number of hydrogen-bond acceptors (Lipinski definition) is 5. The highest BCUT2D eigenvalue weighted by atomic mass is 31.2. The molecule has 1 heterocycles. The lowest BCUT2D eigenvalue weighted by Crippen LogP contribution is -2.09. The van der Waals surface area contributed by atoms with Gasteiger partial charge in [0.2, 0.25) is 7.37 Å². The number of allylic oxidation sites excluding steroid dienone is 3. The van der Waals surface area contributed by atoms with E-state index in [0.717, 1.165) is 18.4 Å². The standard InChI is InChI=1S/C20H34O7P2/c1-15(2)8-7-9-17(5)10-19-11-18(6)20(26-19)12-25-13-28(21,27-16(3)4)14-29(22,23)24/h8,10-11,16H,7,9,12-14H2,1-6H3,(H2,22,23,24). The number of ether oxygens (including phenoxy) is 1. The molecule has 0 aliphatic carbocycles. The quantitative estimate of drug-likeness (QED) is 0.296. The smallest absolute Gasteiger partial charge is 0.335 e. The van der Waals surface area contributed by atoms with Gasteiger partial charge < -0.3 is 23.5 Å². The van der Waals surface area contributed by atoms with Crippen LogP contribution in [0.1, 0.15) is 64.5 Å². The Morgan fingerprint density at radius 1 is 1.24 bits per heavy atom. The summed E-state index contributed by atoms with van der Waals surface area (Å²) in [5.41, 5.74) is 3.38. The van der Waals surface area contributed by atoms with Crippen LogP contribution in [0, 0.1) is 6.92 Å². The van der Waals surface area contributed by atoms with E-state index in [9.17, 15) is 18.9 Å². The summed E-state index contributed by atoms with van der Waals surface area (Å²) in [6.45, 7) is 11.4. The van der Waals surface area contributed by atoms with Gasteiger partial charge in [0, 0.05) is 0 Å². The number of hydrogen-bond donors (Lipinski definition) is 2. The van der Waals surface area contributed by atoms with E-state index in [1.807, 2.05) is 19.1 Å². The summed E-state index contributed by atoms with van der Waals surface area (Å²) in [6.07, 6.45) is 5.27. The van der Waals surface area contributed by atoms with E-state index in [2.05, 4.69) is 26.8 Å². The first-order valence-corrected chi connectivity index (χ1v) is 13.4. The molecule has 0 aliphatic heterocycles. The van der Waals surface area contributed by atoms with Gasteiger partial charge in [-0.1, -0.05) is 17.2 Å². The minimum atomic E-state index is -4.50. The van der Waals surface area contributed by atoms with Crippen LogP contribution in [0.5, 0.6) is 0 Å². The summed E-state index contributed by atoms with van der Waals surface area (Å²) < 4.78 is 40.6. The topological polar surface area (TPSA) is 106 Å². The van der Waals surface area contributed by atoms with Crippen molar-refractivity contribution in [1.29, 1.82) is 0 Å². The van der Waals surface area contributed by atoms with Crippen LogP contribution in [0.2, 0.25) is 0 Å². The van der Waals surface area contributed by atoms with Crippen LogP contribution in [0.3, 0.4) is 0 Å². The van der Waals surface area contributed by atoms with Gasteiger partial charge in [-0.25, -0.2) is 0 Å². The first-order valence-electron chi connectivity index (χ1n) is 9.58. The average Bonchev–Trinajstić information content (AvgIpc) is 2.83. The first-order chi connectivity index (χ1) is 13.3. The van der Waals surface area contributed by atoms with Crippen LogP contribution in [-0.4, -0.2) is 28.1 Å². The van der Waals surface area contributed by atoms with Crippen LogP contribution >= 0.6 is 15.0 Å². The van der Waals surface area contributed by atoms with Crippen molar-refractivity contribution in [2.75, 3.05) is 12.3 Å². The molecule has 0 radical (unpaired) electrons. The molecule has 1 rings (SSSR count). The van der Waals surface area contributed by atoms with Crippen molar-refractivity contribution in [3.8, 4) is 0 Å². The Morgan fingerprint density at radius 2 is 1.90 bits per heavy atom. The fourth-order valence-corrected chi connectivity index (χ4v) is 6.75. The van der Waals surface area contributed by atoms with Crippen LogP contribution in [-0.2, 0) is 25.0 Å². The average molecular weight is 448 g/mol. The maximum Gasteiger partial charge on any atom is 0.335 e. The summed E-state index contributed by atoms with van der Waals surface area (Å²) in [6, 6.07) is 1.91. The fourth-order valence-electron chi connectivity index (χ4n) is 2.71. The van der Waals surface area contributed by atoms with Gasteiger partial charge in [0.1, 0.15) is 30.4 Å². The lowest BCUT2D eigenvalue weighted by atomic mass is 10.1. The molecular weight excluding hydrogens is 414 g/mol. The van der Waals surface area contributed by atoms with Gasteiger partial charge in [-0.3, -0.25) is 9.13 Å². The molecule has 2 N–H and O–H groups in total. The van der Waals surface area contributed by atoms with Gasteiger partial charge in [0.25, 0.3) is 0 Å². The number of furan rings is 1. The Hall–Kier alpha value is -0.940. The molecule has 1 unspecified atom stereocenters. The van der Waals surface area contributed by atoms with Crippen molar-refractivity contribution in [3.05, 3.63) is 40.4 Å². The van der Waals surface area contributed by atoms with E-state index < -0.39 is 27.0 Å². The fraction of sp³-hybridized carbons (Fsp3) is 0.600. The summed E-state index contributed by atoms with van der Waals surface area (Å²) in [4.78, 5) is 18.4. The van der Waals surface area contributed by atoms with E-state index in [1.54, 1.807) is 13.8 Å². The number of rotatable bonds is 12. The molecule has 1 aromatic rings. The molecule has 0 saturated carbocycles. The van der Waals surface area contributed by atoms with Crippen molar-refractivity contribution in [1.82, 2.24) is 0 Å². The SMILES string of the molecule is CC(C)=CCCC(C)=Cc1cc(C)c(COCP(=O)(CP(=O)(O)O)OC(C)C)o1. The third-order valence-corrected chi connectivity index (χ3v) is 8.42. The molecular formula is C20H34O7P2. The number of aryl methyl sites for hydroxylation is 1. The predicted molar refractivity (Wildman–Crippen MR) is 116 cm³/mol. The van der Waals surface area contributed by atoms with Gasteiger partial charge in [0.05, 0.1) is 6.10 Å². The second kappa shape index (κ2) is 11.5. The molecule has 7 nitrogen and oxygen atoms in total. The van der Waals surface area contributed by atoms with Crippen molar-refractivity contribution < 1.29 is 32.6 Å². The first kappa shape index (κ1) is 26.1. The molecule has 0 aromatic carbocycles. The summed E-state index contributed by atoms with van der Waals surface area (Å²) in [5.74, 6) is 0.460. The highest BCUT2D eigenvalue weighted by Crippen LogP contribution is 2.58. The van der Waals surface area contributed by atoms with Crippen LogP contribution < -0.4 is 0 Å². The maximum absolute atomic E-state index is 12.7. The Kier molecular flexibility index (Phi) is 10.3. The van der Waals surface area contributed by atoms with Crippen molar-refractivity contribution >= 4 is 21.0 Å². The van der Waals surface area contributed by atoms with Gasteiger partial charge in [-0.2, -0.15) is 0 Å². The molecule has 1 aromatic heterocycles. The van der Waals surface area contributed by atoms with Crippen molar-refractivity contribution in [2.45, 2.75) is 67.1 Å². The molecule has 0 saturated heterocycles. The van der Waals surface area contributed by atoms with Gasteiger partial charge in [0.15, 0.2) is 0 Å². The Balaban J connectivity index is 2.73. The zero-order valence-electron chi connectivity index (χ0n) is 18.2. The van der Waals surface area contributed by atoms with Crippen LogP contribution in [0.4, 0.5) is 0 Å². The lowest BCUT2D eigenvalue weighted by molar-refractivity contribution is 0.127. The Bertz CT molecular complexity index is 811. The third kappa shape index (κ3) is 11.1. The molecule has 0 bridgehead atoms. The monoisotopic (exact) mass is 448 g/mol. The second-order valence-electron chi connectivity index (χ2n) is 7.82. The van der Waals surface area contributed by atoms with Crippen molar-refractivity contribution in [3.63, 3.8) is 0 Å². The van der Waals surface area contributed by atoms with Crippen molar-refractivity contribution in [2.24, 2.45) is 0 Å². The zero-order valence-corrected chi connectivity index (χ0v) is 20.0. The molecule has 0 spiro atoms. The highest BCUT2D eigenvalue weighted by molar-refractivity contribution is 7.73. The van der Waals surface area contributed by atoms with E-state index >= 15 is 0 Å². The van der Waals surface area contributed by atoms with E-state index in [0.29, 0.717) is 11.5 Å². The highest BCUT2D eigenvalue weighted by Gasteiger charge is 2.34. The minimum absolute atomic E-state index is 0.0447. The molecule has 0 amide bonds. The van der Waals surface area contributed by atoms with Gasteiger partial charge in [-0.05, 0) is 72.1 Å². The molecule has 29 heavy (non-hydrogen) atoms. The second-order valence-corrected chi connectivity index (χ2v) is 12.4. The molecule has 0 aliphatic rings. The molecule has 166 valence electrons. The summed E-state index contributed by atoms with van der Waals surface area (Å²) >= 11 is 0. The Labute approximate surface area is 173 Å². The summed E-state index contributed by atoms with van der Waals surface area (Å²) in [5, 5.41) is 0. The van der Waals surface area contributed by atoms with Crippen LogP contribution in [0.15, 0.2) is 27.7 Å². The molecule has 9 heteroatoms. The zero-order chi connectivity index (χ0) is 22.2.